The van der Waals surface area contributed by atoms with Gasteiger partial charge in [-0.3, -0.25) is 9.59 Å². The molecule has 0 saturated heterocycles. The topological polar surface area (TPSA) is 60.7 Å². The van der Waals surface area contributed by atoms with Crippen molar-refractivity contribution < 1.29 is 14.3 Å². The molecule has 0 saturated carbocycles. The lowest BCUT2D eigenvalue weighted by molar-refractivity contribution is -0.141. The van der Waals surface area contributed by atoms with E-state index in [0.29, 0.717) is 25.9 Å². The van der Waals surface area contributed by atoms with Gasteiger partial charge >= 0.3 is 5.97 Å². The summed E-state index contributed by atoms with van der Waals surface area (Å²) in [5.41, 5.74) is 2.99. The number of ether oxygens (including phenoxy) is 1. The Labute approximate surface area is 169 Å². The molecule has 0 N–H and O–H groups in total. The minimum atomic E-state index is -0.471. The van der Waals surface area contributed by atoms with E-state index in [0.717, 1.165) is 15.8 Å². The smallest absolute Gasteiger partial charge is 0.325 e. The van der Waals surface area contributed by atoms with Gasteiger partial charge in [-0.25, -0.2) is 0 Å². The Kier molecular flexibility index (Phi) is 5.69. The molecule has 3 rings (SSSR count). The van der Waals surface area contributed by atoms with Crippen molar-refractivity contribution in [1.82, 2.24) is 4.57 Å². The molecule has 2 aromatic carbocycles. The number of nitrogens with zero attached hydrogens (tertiary/aromatic N) is 2. The van der Waals surface area contributed by atoms with Gasteiger partial charge in [0.1, 0.15) is 6.54 Å². The van der Waals surface area contributed by atoms with E-state index in [-0.39, 0.29) is 12.5 Å². The van der Waals surface area contributed by atoms with E-state index in [1.165, 1.54) is 18.4 Å². The molecule has 0 fully saturated rings. The molecule has 140 valence electrons. The highest BCUT2D eigenvalue weighted by Gasteiger charge is 2.16. The van der Waals surface area contributed by atoms with Gasteiger partial charge in [0.25, 0.3) is 5.91 Å². The van der Waals surface area contributed by atoms with Gasteiger partial charge in [0.15, 0.2) is 4.80 Å². The van der Waals surface area contributed by atoms with E-state index >= 15 is 0 Å². The first kappa shape index (κ1) is 19.6. The van der Waals surface area contributed by atoms with Crippen LogP contribution in [0.2, 0.25) is 10.0 Å². The van der Waals surface area contributed by atoms with E-state index in [9.17, 15) is 9.59 Å². The van der Waals surface area contributed by atoms with Crippen molar-refractivity contribution in [2.24, 2.45) is 4.99 Å². The van der Waals surface area contributed by atoms with E-state index in [4.69, 9.17) is 27.9 Å². The van der Waals surface area contributed by atoms with Crippen LogP contribution >= 0.6 is 34.5 Å². The molecule has 1 amide bonds. The van der Waals surface area contributed by atoms with Crippen LogP contribution in [0.3, 0.4) is 0 Å². The molecule has 0 aliphatic heterocycles. The summed E-state index contributed by atoms with van der Waals surface area (Å²) >= 11 is 13.6. The maximum Gasteiger partial charge on any atom is 0.325 e. The number of carbonyl (C=O) groups excluding carboxylic acids is 2. The average Bonchev–Trinajstić information content (AvgIpc) is 2.91. The molecule has 0 atom stereocenters. The van der Waals surface area contributed by atoms with E-state index in [2.05, 4.69) is 4.99 Å². The second-order valence-electron chi connectivity index (χ2n) is 6.02. The Morgan fingerprint density at radius 2 is 1.93 bits per heavy atom. The highest BCUT2D eigenvalue weighted by Crippen LogP contribution is 2.29. The lowest BCUT2D eigenvalue weighted by atomic mass is 10.1. The quantitative estimate of drug-likeness (QED) is 0.581. The van der Waals surface area contributed by atoms with E-state index in [1.54, 1.807) is 22.8 Å². The van der Waals surface area contributed by atoms with Crippen LogP contribution in [-0.4, -0.2) is 23.6 Å². The molecule has 5 nitrogen and oxygen atoms in total. The minimum absolute atomic E-state index is 0.114. The number of amides is 1. The second kappa shape index (κ2) is 7.84. The molecular formula is C19H16Cl2N2O3S. The van der Waals surface area contributed by atoms with E-state index < -0.39 is 5.97 Å². The van der Waals surface area contributed by atoms with Crippen LogP contribution in [0.25, 0.3) is 10.2 Å². The number of hydrogen-bond donors (Lipinski definition) is 0. The first-order valence-electron chi connectivity index (χ1n) is 8.01. The van der Waals surface area contributed by atoms with Crippen LogP contribution in [0.5, 0.6) is 0 Å². The number of benzene rings is 2. The monoisotopic (exact) mass is 422 g/mol. The number of carbonyl (C=O) groups is 2. The Morgan fingerprint density at radius 1 is 1.19 bits per heavy atom. The van der Waals surface area contributed by atoms with Crippen LogP contribution in [0.1, 0.15) is 21.5 Å². The zero-order valence-electron chi connectivity index (χ0n) is 14.9. The third-order valence-corrected chi connectivity index (χ3v) is 5.55. The van der Waals surface area contributed by atoms with Crippen molar-refractivity contribution in [3.63, 3.8) is 0 Å². The number of aryl methyl sites for hydroxylation is 2. The molecule has 0 unspecified atom stereocenters. The summed E-state index contributed by atoms with van der Waals surface area (Å²) in [5, 5.41) is 0.837. The summed E-state index contributed by atoms with van der Waals surface area (Å²) in [4.78, 5) is 29.2. The van der Waals surface area contributed by atoms with Gasteiger partial charge in [0, 0.05) is 10.6 Å². The third-order valence-electron chi connectivity index (χ3n) is 4.02. The molecule has 1 heterocycles. The molecular weight excluding hydrogens is 407 g/mol. The number of hydrogen-bond acceptors (Lipinski definition) is 4. The van der Waals surface area contributed by atoms with Crippen molar-refractivity contribution in [1.29, 1.82) is 0 Å². The molecule has 1 aromatic heterocycles. The summed E-state index contributed by atoms with van der Waals surface area (Å²) in [5.74, 6) is -0.860. The fourth-order valence-corrected chi connectivity index (χ4v) is 4.57. The van der Waals surface area contributed by atoms with Gasteiger partial charge in [-0.05, 0) is 37.6 Å². The molecule has 8 heteroatoms. The van der Waals surface area contributed by atoms with Gasteiger partial charge in [-0.1, -0.05) is 52.2 Å². The SMILES string of the molecule is COC(=O)Cn1c(=NC(=O)c2ccc(C)cc2C)sc2cc(Cl)cc(Cl)c21. The Morgan fingerprint density at radius 3 is 2.59 bits per heavy atom. The summed E-state index contributed by atoms with van der Waals surface area (Å²) in [6.45, 7) is 3.71. The summed E-state index contributed by atoms with van der Waals surface area (Å²) in [6.07, 6.45) is 0. The van der Waals surface area contributed by atoms with E-state index in [1.807, 2.05) is 26.0 Å². The summed E-state index contributed by atoms with van der Waals surface area (Å²) in [7, 11) is 1.30. The van der Waals surface area contributed by atoms with Crippen molar-refractivity contribution in [2.75, 3.05) is 7.11 Å². The van der Waals surface area contributed by atoms with Crippen LogP contribution in [-0.2, 0) is 16.1 Å². The molecule has 3 aromatic rings. The van der Waals surface area contributed by atoms with Gasteiger partial charge in [-0.15, -0.1) is 0 Å². The fourth-order valence-electron chi connectivity index (χ4n) is 2.76. The van der Waals surface area contributed by atoms with Gasteiger partial charge in [-0.2, -0.15) is 4.99 Å². The highest BCUT2D eigenvalue weighted by atomic mass is 35.5. The number of esters is 1. The molecule has 0 aliphatic carbocycles. The number of thiazole rings is 1. The van der Waals surface area contributed by atoms with Crippen LogP contribution < -0.4 is 4.80 Å². The van der Waals surface area contributed by atoms with Crippen LogP contribution in [0.15, 0.2) is 35.3 Å². The number of methoxy groups -OCH3 is 1. The van der Waals surface area contributed by atoms with Crippen molar-refractivity contribution in [3.8, 4) is 0 Å². The van der Waals surface area contributed by atoms with Crippen molar-refractivity contribution in [2.45, 2.75) is 20.4 Å². The van der Waals surface area contributed by atoms with Gasteiger partial charge < -0.3 is 9.30 Å². The molecule has 0 aliphatic rings. The van der Waals surface area contributed by atoms with Gasteiger partial charge in [0.2, 0.25) is 0 Å². The number of aromatic nitrogens is 1. The number of halogens is 2. The fraction of sp³-hybridized carbons (Fsp3) is 0.211. The summed E-state index contributed by atoms with van der Waals surface area (Å²) in [6, 6.07) is 8.84. The normalized spacial score (nSPS) is 11.8. The van der Waals surface area contributed by atoms with Gasteiger partial charge in [0.05, 0.1) is 22.3 Å². The first-order valence-corrected chi connectivity index (χ1v) is 9.59. The zero-order valence-corrected chi connectivity index (χ0v) is 17.2. The summed E-state index contributed by atoms with van der Waals surface area (Å²) < 4.78 is 7.06. The minimum Gasteiger partial charge on any atom is -0.468 e. The molecule has 0 spiro atoms. The standard InChI is InChI=1S/C19H16Cl2N2O3S/c1-10-4-5-13(11(2)6-10)18(25)22-19-23(9-16(24)26-3)17-14(21)7-12(20)8-15(17)27-19/h4-8H,9H2,1-3H3. The zero-order chi connectivity index (χ0) is 19.7. The molecule has 0 radical (unpaired) electrons. The lowest BCUT2D eigenvalue weighted by Gasteiger charge is -2.06. The predicted molar refractivity (Wildman–Crippen MR) is 108 cm³/mol. The second-order valence-corrected chi connectivity index (χ2v) is 7.87. The highest BCUT2D eigenvalue weighted by molar-refractivity contribution is 7.16. The molecule has 0 bridgehead atoms. The van der Waals surface area contributed by atoms with Crippen molar-refractivity contribution >= 4 is 56.6 Å². The first-order chi connectivity index (χ1) is 12.8. The van der Waals surface area contributed by atoms with Crippen LogP contribution in [0.4, 0.5) is 0 Å². The Hall–Kier alpha value is -2.15. The predicted octanol–water partition coefficient (Wildman–Crippen LogP) is 4.54. The average molecular weight is 423 g/mol. The Balaban J connectivity index is 2.21. The number of fused-ring (bicyclic) bond motifs is 1. The maximum absolute atomic E-state index is 12.7. The third kappa shape index (κ3) is 4.08. The maximum atomic E-state index is 12.7. The molecule has 27 heavy (non-hydrogen) atoms. The Bertz CT molecular complexity index is 1130. The van der Waals surface area contributed by atoms with Crippen molar-refractivity contribution in [3.05, 3.63) is 61.9 Å². The largest absolute Gasteiger partial charge is 0.468 e. The lowest BCUT2D eigenvalue weighted by Crippen LogP contribution is -2.22. The number of rotatable bonds is 3. The van der Waals surface area contributed by atoms with Crippen LogP contribution in [0, 0.1) is 13.8 Å².